The molecule has 32 heavy (non-hydrogen) atoms. The molecule has 1 saturated carbocycles. The highest BCUT2D eigenvalue weighted by Crippen LogP contribution is 2.33. The summed E-state index contributed by atoms with van der Waals surface area (Å²) >= 11 is 0. The van der Waals surface area contributed by atoms with E-state index in [4.69, 9.17) is 10.8 Å². The Hall–Kier alpha value is -2.48. The van der Waals surface area contributed by atoms with E-state index in [-0.39, 0.29) is 17.7 Å². The van der Waals surface area contributed by atoms with Crippen molar-refractivity contribution in [2.75, 3.05) is 26.2 Å². The molecule has 2 aromatic heterocycles. The normalized spacial score (nSPS) is 23.4. The molecule has 8 heteroatoms. The summed E-state index contributed by atoms with van der Waals surface area (Å²) in [6, 6.07) is 2.07. The Bertz CT molecular complexity index is 1000. The highest BCUT2D eigenvalue weighted by atomic mass is 16.2. The number of aryl methyl sites for hydroxylation is 1. The number of amides is 2. The molecule has 0 aromatic carbocycles. The van der Waals surface area contributed by atoms with Crippen LogP contribution in [0.4, 0.5) is 0 Å². The van der Waals surface area contributed by atoms with Gasteiger partial charge in [0.15, 0.2) is 5.65 Å². The van der Waals surface area contributed by atoms with Crippen LogP contribution < -0.4 is 5.73 Å². The summed E-state index contributed by atoms with van der Waals surface area (Å²) in [5.41, 5.74) is 9.70. The second kappa shape index (κ2) is 8.81. The van der Waals surface area contributed by atoms with Crippen LogP contribution in [0.2, 0.25) is 0 Å². The minimum Gasteiger partial charge on any atom is -0.369 e. The second-order valence-electron chi connectivity index (χ2n) is 9.87. The first-order chi connectivity index (χ1) is 15.5. The summed E-state index contributed by atoms with van der Waals surface area (Å²) in [6.07, 6.45) is 8.99. The molecule has 2 saturated heterocycles. The highest BCUT2D eigenvalue weighted by Gasteiger charge is 2.34. The Morgan fingerprint density at radius 1 is 1.06 bits per heavy atom. The Morgan fingerprint density at radius 3 is 2.53 bits per heavy atom. The summed E-state index contributed by atoms with van der Waals surface area (Å²) < 4.78 is 2.01. The number of primary amides is 1. The van der Waals surface area contributed by atoms with Crippen molar-refractivity contribution in [2.24, 2.45) is 17.6 Å². The van der Waals surface area contributed by atoms with E-state index >= 15 is 0 Å². The number of rotatable bonds is 5. The Labute approximate surface area is 189 Å². The van der Waals surface area contributed by atoms with Crippen molar-refractivity contribution < 1.29 is 9.59 Å². The van der Waals surface area contributed by atoms with Crippen molar-refractivity contribution in [3.8, 4) is 0 Å². The smallest absolute Gasteiger partial charge is 0.225 e. The van der Waals surface area contributed by atoms with Crippen LogP contribution in [0.5, 0.6) is 0 Å². The number of carbonyl (C=O) groups excluding carboxylic acids is 2. The number of hydrogen-bond donors (Lipinski definition) is 1. The molecule has 8 nitrogen and oxygen atoms in total. The predicted octanol–water partition coefficient (Wildman–Crippen LogP) is 2.24. The van der Waals surface area contributed by atoms with Crippen molar-refractivity contribution >= 4 is 17.5 Å². The average molecular weight is 439 g/mol. The van der Waals surface area contributed by atoms with Crippen LogP contribution in [0.15, 0.2) is 12.3 Å². The molecule has 2 aromatic rings. The van der Waals surface area contributed by atoms with Gasteiger partial charge in [0.05, 0.1) is 11.4 Å². The Balaban J connectivity index is 1.32. The summed E-state index contributed by atoms with van der Waals surface area (Å²) in [7, 11) is 0. The van der Waals surface area contributed by atoms with Gasteiger partial charge in [-0.05, 0) is 58.2 Å². The molecule has 2 N–H and O–H groups in total. The fourth-order valence-electron chi connectivity index (χ4n) is 5.84. The van der Waals surface area contributed by atoms with Crippen LogP contribution in [0, 0.1) is 18.8 Å². The lowest BCUT2D eigenvalue weighted by atomic mass is 9.96. The zero-order valence-corrected chi connectivity index (χ0v) is 19.0. The zero-order chi connectivity index (χ0) is 22.2. The largest absolute Gasteiger partial charge is 0.369 e. The number of likely N-dealkylation sites (tertiary alicyclic amines) is 2. The van der Waals surface area contributed by atoms with Gasteiger partial charge in [-0.3, -0.25) is 14.5 Å². The molecule has 1 atom stereocenters. The third-order valence-corrected chi connectivity index (χ3v) is 7.84. The van der Waals surface area contributed by atoms with Crippen LogP contribution in [-0.4, -0.2) is 62.4 Å². The summed E-state index contributed by atoms with van der Waals surface area (Å²) in [4.78, 5) is 33.5. The maximum Gasteiger partial charge on any atom is 0.225 e. The van der Waals surface area contributed by atoms with E-state index in [0.717, 1.165) is 87.4 Å². The van der Waals surface area contributed by atoms with E-state index < -0.39 is 0 Å². The first-order valence-electron chi connectivity index (χ1n) is 12.1. The lowest BCUT2D eigenvalue weighted by Crippen LogP contribution is -2.38. The van der Waals surface area contributed by atoms with E-state index in [1.54, 1.807) is 0 Å². The topological polar surface area (TPSA) is 96.8 Å². The van der Waals surface area contributed by atoms with Gasteiger partial charge in [0.25, 0.3) is 0 Å². The lowest BCUT2D eigenvalue weighted by molar-refractivity contribution is -0.134. The quantitative estimate of drug-likeness (QED) is 0.772. The number of aromatic nitrogens is 3. The summed E-state index contributed by atoms with van der Waals surface area (Å²) in [6.45, 7) is 6.19. The number of nitrogens with zero attached hydrogens (tertiary/aromatic N) is 5. The van der Waals surface area contributed by atoms with E-state index in [1.165, 1.54) is 12.8 Å². The minimum atomic E-state index is -0.180. The molecule has 0 bridgehead atoms. The van der Waals surface area contributed by atoms with E-state index in [9.17, 15) is 9.59 Å². The lowest BCUT2D eigenvalue weighted by Gasteiger charge is -2.30. The summed E-state index contributed by atoms with van der Waals surface area (Å²) in [5, 5.41) is 4.86. The van der Waals surface area contributed by atoms with Crippen LogP contribution in [-0.2, 0) is 16.1 Å². The molecule has 172 valence electrons. The van der Waals surface area contributed by atoms with Crippen molar-refractivity contribution in [1.29, 1.82) is 0 Å². The van der Waals surface area contributed by atoms with Crippen molar-refractivity contribution in [3.63, 3.8) is 0 Å². The van der Waals surface area contributed by atoms with E-state index in [0.29, 0.717) is 11.8 Å². The Morgan fingerprint density at radius 2 is 1.81 bits per heavy atom. The van der Waals surface area contributed by atoms with Crippen molar-refractivity contribution in [2.45, 2.75) is 64.3 Å². The molecule has 0 unspecified atom stereocenters. The second-order valence-corrected chi connectivity index (χ2v) is 9.87. The molecule has 2 amide bonds. The fraction of sp³-hybridized carbons (Fsp3) is 0.667. The van der Waals surface area contributed by atoms with Gasteiger partial charge in [-0.25, -0.2) is 9.50 Å². The van der Waals surface area contributed by atoms with Crippen LogP contribution in [0.1, 0.15) is 67.8 Å². The first-order valence-corrected chi connectivity index (χ1v) is 12.1. The van der Waals surface area contributed by atoms with Gasteiger partial charge in [0.2, 0.25) is 11.8 Å². The van der Waals surface area contributed by atoms with Gasteiger partial charge in [-0.15, -0.1) is 0 Å². The monoisotopic (exact) mass is 438 g/mol. The zero-order valence-electron chi connectivity index (χ0n) is 19.0. The van der Waals surface area contributed by atoms with E-state index in [1.807, 2.05) is 10.7 Å². The van der Waals surface area contributed by atoms with Crippen LogP contribution >= 0.6 is 0 Å². The molecular weight excluding hydrogens is 404 g/mol. The van der Waals surface area contributed by atoms with Gasteiger partial charge in [-0.2, -0.15) is 5.10 Å². The van der Waals surface area contributed by atoms with Crippen LogP contribution in [0.25, 0.3) is 5.65 Å². The summed E-state index contributed by atoms with van der Waals surface area (Å²) in [5.74, 6) is 0.707. The highest BCUT2D eigenvalue weighted by molar-refractivity contribution is 5.79. The van der Waals surface area contributed by atoms with Gasteiger partial charge in [0.1, 0.15) is 0 Å². The average Bonchev–Trinajstić information content (AvgIpc) is 3.55. The van der Waals surface area contributed by atoms with Gasteiger partial charge >= 0.3 is 0 Å². The number of nitrogens with two attached hydrogens (primary N) is 1. The molecular formula is C24H34N6O2. The number of carbonyl (C=O) groups is 2. The van der Waals surface area contributed by atoms with Crippen molar-refractivity contribution in [3.05, 3.63) is 29.2 Å². The van der Waals surface area contributed by atoms with E-state index in [2.05, 4.69) is 27.8 Å². The van der Waals surface area contributed by atoms with Gasteiger partial charge in [-0.1, -0.05) is 12.8 Å². The SMILES string of the molecule is Cc1nn2c([C@H]3CCN(C(=O)C4CCCC4)C3)ccnc2c1CN1CCC(C(N)=O)CC1. The predicted molar refractivity (Wildman–Crippen MR) is 121 cm³/mol. The maximum atomic E-state index is 12.9. The molecule has 3 fully saturated rings. The Kier molecular flexibility index (Phi) is 5.88. The fourth-order valence-corrected chi connectivity index (χ4v) is 5.84. The molecule has 2 aliphatic heterocycles. The molecule has 5 rings (SSSR count). The van der Waals surface area contributed by atoms with Gasteiger partial charge in [0, 0.05) is 49.1 Å². The third-order valence-electron chi connectivity index (χ3n) is 7.84. The first kappa shape index (κ1) is 21.4. The molecule has 0 radical (unpaired) electrons. The molecule has 1 aliphatic carbocycles. The number of piperidine rings is 1. The third kappa shape index (κ3) is 4.00. The number of hydrogen-bond acceptors (Lipinski definition) is 5. The molecule has 0 spiro atoms. The number of fused-ring (bicyclic) bond motifs is 1. The van der Waals surface area contributed by atoms with Crippen molar-refractivity contribution in [1.82, 2.24) is 24.4 Å². The van der Waals surface area contributed by atoms with Crippen LogP contribution in [0.3, 0.4) is 0 Å². The standard InChI is InChI=1S/C24H34N6O2/c1-16-20(15-28-11-7-17(8-12-28)22(25)31)23-26-10-6-21(30(23)27-16)19-9-13-29(14-19)24(32)18-4-2-3-5-18/h6,10,17-19H,2-5,7-9,11-15H2,1H3,(H2,25,31)/t19-/m0/s1. The molecule has 4 heterocycles. The minimum absolute atomic E-state index is 0.00163. The molecule has 3 aliphatic rings. The maximum absolute atomic E-state index is 12.9. The van der Waals surface area contributed by atoms with Gasteiger partial charge < -0.3 is 10.6 Å².